The molecule has 0 radical (unpaired) electrons. The van der Waals surface area contributed by atoms with Gasteiger partial charge in [-0.15, -0.1) is 0 Å². The van der Waals surface area contributed by atoms with Crippen LogP contribution in [0.15, 0.2) is 24.4 Å². The molecule has 2 bridgehead atoms. The van der Waals surface area contributed by atoms with E-state index in [0.29, 0.717) is 0 Å². The summed E-state index contributed by atoms with van der Waals surface area (Å²) in [5.41, 5.74) is 6.99. The Balaban J connectivity index is 1.62. The molecule has 122 valence electrons. The van der Waals surface area contributed by atoms with Crippen molar-refractivity contribution in [2.24, 2.45) is 18.9 Å². The zero-order valence-electron chi connectivity index (χ0n) is 14.6. The fraction of sp³-hybridized carbons (Fsp3) is 0.550. The molecule has 0 spiro atoms. The van der Waals surface area contributed by atoms with E-state index in [4.69, 9.17) is 0 Å². The van der Waals surface area contributed by atoms with E-state index < -0.39 is 0 Å². The lowest BCUT2D eigenvalue weighted by Crippen LogP contribution is -2.11. The molecule has 1 aromatic heterocycles. The Morgan fingerprint density at radius 1 is 1.26 bits per heavy atom. The molecular weight excluding hydrogens is 282 g/mol. The molecule has 3 unspecified atom stereocenters. The van der Waals surface area contributed by atoms with E-state index in [-0.39, 0.29) is 0 Å². The topological polar surface area (TPSA) is 29.9 Å². The molecule has 0 amide bonds. The third-order valence-electron chi connectivity index (χ3n) is 5.98. The van der Waals surface area contributed by atoms with E-state index in [2.05, 4.69) is 55.6 Å². The van der Waals surface area contributed by atoms with Crippen molar-refractivity contribution >= 4 is 5.69 Å². The first kappa shape index (κ1) is 14.8. The molecule has 1 heterocycles. The molecule has 0 saturated heterocycles. The van der Waals surface area contributed by atoms with E-state index in [1.807, 2.05) is 11.7 Å². The molecule has 1 aromatic carbocycles. The molecule has 2 aliphatic carbocycles. The summed E-state index contributed by atoms with van der Waals surface area (Å²) in [6, 6.07) is 6.87. The van der Waals surface area contributed by atoms with Crippen LogP contribution in [0.2, 0.25) is 0 Å². The van der Waals surface area contributed by atoms with Gasteiger partial charge in [-0.2, -0.15) is 5.10 Å². The first-order valence-corrected chi connectivity index (χ1v) is 8.92. The lowest BCUT2D eigenvalue weighted by molar-refractivity contribution is 0.352. The molecule has 2 aromatic rings. The average molecular weight is 309 g/mol. The normalized spacial score (nSPS) is 25.2. The van der Waals surface area contributed by atoms with Crippen LogP contribution in [0.25, 0.3) is 0 Å². The van der Waals surface area contributed by atoms with Gasteiger partial charge in [-0.25, -0.2) is 0 Å². The van der Waals surface area contributed by atoms with Crippen molar-refractivity contribution in [3.05, 3.63) is 46.8 Å². The zero-order valence-corrected chi connectivity index (χ0v) is 14.6. The Kier molecular flexibility index (Phi) is 3.47. The maximum atomic E-state index is 4.45. The van der Waals surface area contributed by atoms with Crippen LogP contribution in [0, 0.1) is 18.8 Å². The van der Waals surface area contributed by atoms with Gasteiger partial charge in [-0.3, -0.25) is 4.68 Å². The van der Waals surface area contributed by atoms with Gasteiger partial charge in [0, 0.05) is 31.0 Å². The summed E-state index contributed by atoms with van der Waals surface area (Å²) in [5.74, 6) is 3.16. The van der Waals surface area contributed by atoms with Crippen molar-refractivity contribution in [3.8, 4) is 0 Å². The minimum absolute atomic E-state index is 0.758. The first-order chi connectivity index (χ1) is 11.1. The molecule has 1 saturated carbocycles. The zero-order chi connectivity index (χ0) is 16.1. The van der Waals surface area contributed by atoms with Gasteiger partial charge in [0.05, 0.1) is 5.69 Å². The molecule has 0 aliphatic heterocycles. The highest BCUT2D eigenvalue weighted by atomic mass is 15.2. The van der Waals surface area contributed by atoms with Crippen molar-refractivity contribution in [3.63, 3.8) is 0 Å². The third-order valence-corrected chi connectivity index (χ3v) is 5.98. The quantitative estimate of drug-likeness (QED) is 0.895. The SMILES string of the molecule is Cc1nn(C)cc1CNc1cccc2c1C1CCC2C1C(C)C. The van der Waals surface area contributed by atoms with Gasteiger partial charge in [-0.1, -0.05) is 26.0 Å². The predicted molar refractivity (Wildman–Crippen MR) is 94.8 cm³/mol. The van der Waals surface area contributed by atoms with Gasteiger partial charge in [0.2, 0.25) is 0 Å². The number of fused-ring (bicyclic) bond motifs is 5. The minimum Gasteiger partial charge on any atom is -0.381 e. The summed E-state index contributed by atoms with van der Waals surface area (Å²) in [5, 5.41) is 8.15. The predicted octanol–water partition coefficient (Wildman–Crippen LogP) is 4.59. The number of hydrogen-bond donors (Lipinski definition) is 1. The lowest BCUT2D eigenvalue weighted by Gasteiger charge is -2.21. The molecule has 1 fully saturated rings. The van der Waals surface area contributed by atoms with Crippen LogP contribution in [0.5, 0.6) is 0 Å². The van der Waals surface area contributed by atoms with E-state index >= 15 is 0 Å². The monoisotopic (exact) mass is 309 g/mol. The van der Waals surface area contributed by atoms with Crippen molar-refractivity contribution in [2.75, 3.05) is 5.32 Å². The van der Waals surface area contributed by atoms with Crippen LogP contribution in [0.1, 0.15) is 60.9 Å². The van der Waals surface area contributed by atoms with E-state index in [1.165, 1.54) is 24.1 Å². The summed E-state index contributed by atoms with van der Waals surface area (Å²) in [6.45, 7) is 7.74. The Labute approximate surface area is 139 Å². The maximum Gasteiger partial charge on any atom is 0.0643 e. The minimum atomic E-state index is 0.758. The van der Waals surface area contributed by atoms with Crippen molar-refractivity contribution < 1.29 is 0 Å². The summed E-state index contributed by atoms with van der Waals surface area (Å²) in [4.78, 5) is 0. The first-order valence-electron chi connectivity index (χ1n) is 8.92. The van der Waals surface area contributed by atoms with Crippen molar-refractivity contribution in [1.29, 1.82) is 0 Å². The van der Waals surface area contributed by atoms with Gasteiger partial charge in [-0.05, 0) is 60.6 Å². The smallest absolute Gasteiger partial charge is 0.0643 e. The molecule has 23 heavy (non-hydrogen) atoms. The second kappa shape index (κ2) is 5.40. The number of rotatable bonds is 4. The van der Waals surface area contributed by atoms with Crippen LogP contribution in [-0.2, 0) is 13.6 Å². The number of nitrogens with one attached hydrogen (secondary N) is 1. The standard InChI is InChI=1S/C20H27N3/c1-12(2)19-16-8-9-17(19)20-15(16)6-5-7-18(20)21-10-14-11-23(4)22-13(14)3/h5-7,11-12,16-17,19,21H,8-10H2,1-4H3. The van der Waals surface area contributed by atoms with Crippen LogP contribution in [-0.4, -0.2) is 9.78 Å². The Bertz CT molecular complexity index is 728. The van der Waals surface area contributed by atoms with Crippen LogP contribution < -0.4 is 5.32 Å². The Morgan fingerprint density at radius 3 is 2.74 bits per heavy atom. The molecule has 3 atom stereocenters. The fourth-order valence-corrected chi connectivity index (χ4v) is 5.14. The second-order valence-corrected chi connectivity index (χ2v) is 7.69. The number of aryl methyl sites for hydroxylation is 2. The summed E-state index contributed by atoms with van der Waals surface area (Å²) < 4.78 is 1.90. The Morgan fingerprint density at radius 2 is 2.04 bits per heavy atom. The number of aromatic nitrogens is 2. The van der Waals surface area contributed by atoms with Gasteiger partial charge in [0.25, 0.3) is 0 Å². The summed E-state index contributed by atoms with van der Waals surface area (Å²) in [6.07, 6.45) is 4.87. The highest BCUT2D eigenvalue weighted by Crippen LogP contribution is 2.61. The van der Waals surface area contributed by atoms with Gasteiger partial charge in [0.1, 0.15) is 0 Å². The van der Waals surface area contributed by atoms with Crippen LogP contribution >= 0.6 is 0 Å². The molecule has 2 aliphatic rings. The van der Waals surface area contributed by atoms with E-state index in [9.17, 15) is 0 Å². The van der Waals surface area contributed by atoms with E-state index in [1.54, 1.807) is 11.1 Å². The van der Waals surface area contributed by atoms with Gasteiger partial charge < -0.3 is 5.32 Å². The maximum absolute atomic E-state index is 4.45. The third kappa shape index (κ3) is 2.29. The highest BCUT2D eigenvalue weighted by Gasteiger charge is 2.47. The van der Waals surface area contributed by atoms with Gasteiger partial charge in [0.15, 0.2) is 0 Å². The molecule has 3 heteroatoms. The van der Waals surface area contributed by atoms with Crippen molar-refractivity contribution in [2.45, 2.75) is 52.0 Å². The van der Waals surface area contributed by atoms with E-state index in [0.717, 1.165) is 35.9 Å². The number of anilines is 1. The van der Waals surface area contributed by atoms with Crippen LogP contribution in [0.3, 0.4) is 0 Å². The number of nitrogens with zero attached hydrogens (tertiary/aromatic N) is 2. The van der Waals surface area contributed by atoms with Crippen LogP contribution in [0.4, 0.5) is 5.69 Å². The lowest BCUT2D eigenvalue weighted by atomic mass is 9.85. The number of benzene rings is 1. The average Bonchev–Trinajstić information content (AvgIpc) is 3.17. The largest absolute Gasteiger partial charge is 0.381 e. The second-order valence-electron chi connectivity index (χ2n) is 7.69. The summed E-state index contributed by atoms with van der Waals surface area (Å²) in [7, 11) is 1.99. The Hall–Kier alpha value is -1.77. The van der Waals surface area contributed by atoms with Gasteiger partial charge >= 0.3 is 0 Å². The number of hydrogen-bond acceptors (Lipinski definition) is 2. The summed E-state index contributed by atoms with van der Waals surface area (Å²) >= 11 is 0. The highest BCUT2D eigenvalue weighted by molar-refractivity contribution is 5.61. The molecule has 4 rings (SSSR count). The molecular formula is C20H27N3. The molecule has 3 nitrogen and oxygen atoms in total. The fourth-order valence-electron chi connectivity index (χ4n) is 5.14. The van der Waals surface area contributed by atoms with Crippen molar-refractivity contribution in [1.82, 2.24) is 9.78 Å². The molecule has 1 N–H and O–H groups in total.